The van der Waals surface area contributed by atoms with Crippen molar-refractivity contribution in [1.82, 2.24) is 14.9 Å². The van der Waals surface area contributed by atoms with Crippen molar-refractivity contribution in [2.24, 2.45) is 0 Å². The Bertz CT molecular complexity index is 750. The molecule has 7 nitrogen and oxygen atoms in total. The third kappa shape index (κ3) is 3.53. The van der Waals surface area contributed by atoms with Crippen LogP contribution in [-0.2, 0) is 10.0 Å². The highest BCUT2D eigenvalue weighted by Crippen LogP contribution is 2.15. The number of sulfonamides is 1. The number of aromatic nitrogens is 2. The quantitative estimate of drug-likeness (QED) is 0.842. The number of nitrogens with zero attached hydrogens (tertiary/aromatic N) is 2. The van der Waals surface area contributed by atoms with E-state index in [2.05, 4.69) is 14.9 Å². The summed E-state index contributed by atoms with van der Waals surface area (Å²) in [5, 5.41) is 3.67. The molecule has 0 amide bonds. The van der Waals surface area contributed by atoms with E-state index in [0.29, 0.717) is 11.5 Å². The lowest BCUT2D eigenvalue weighted by Crippen LogP contribution is -2.27. The Labute approximate surface area is 122 Å². The van der Waals surface area contributed by atoms with Crippen molar-refractivity contribution in [2.75, 3.05) is 0 Å². The highest BCUT2D eigenvalue weighted by molar-refractivity contribution is 7.89. The fourth-order valence-electron chi connectivity index (χ4n) is 1.71. The molecule has 0 saturated carbocycles. The third-order valence-electron chi connectivity index (χ3n) is 2.83. The molecule has 0 aliphatic heterocycles. The van der Waals surface area contributed by atoms with Gasteiger partial charge in [-0.3, -0.25) is 4.79 Å². The zero-order valence-corrected chi connectivity index (χ0v) is 12.6. The van der Waals surface area contributed by atoms with Gasteiger partial charge >= 0.3 is 0 Å². The van der Waals surface area contributed by atoms with E-state index in [-0.39, 0.29) is 16.5 Å². The van der Waals surface area contributed by atoms with Crippen LogP contribution in [0.5, 0.6) is 0 Å². The fourth-order valence-corrected chi connectivity index (χ4v) is 2.91. The SMILES string of the molecule is CC(=O)c1ccc(S(=O)(=O)N[C@H](C)c2noc(C)n2)cc1. The summed E-state index contributed by atoms with van der Waals surface area (Å²) in [5.74, 6) is 0.501. The molecule has 0 aliphatic carbocycles. The van der Waals surface area contributed by atoms with E-state index in [4.69, 9.17) is 4.52 Å². The molecule has 1 atom stereocenters. The predicted octanol–water partition coefficient (Wildman–Crippen LogP) is 1.62. The normalized spacial score (nSPS) is 13.1. The summed E-state index contributed by atoms with van der Waals surface area (Å²) in [6.07, 6.45) is 0. The molecule has 1 aromatic heterocycles. The second-order valence-corrected chi connectivity index (χ2v) is 6.31. The maximum absolute atomic E-state index is 12.2. The summed E-state index contributed by atoms with van der Waals surface area (Å²) in [6.45, 7) is 4.66. The molecule has 0 saturated heterocycles. The van der Waals surface area contributed by atoms with Gasteiger partial charge in [-0.2, -0.15) is 4.98 Å². The van der Waals surface area contributed by atoms with Gasteiger partial charge in [-0.25, -0.2) is 13.1 Å². The Morgan fingerprint density at radius 1 is 1.29 bits per heavy atom. The molecule has 0 unspecified atom stereocenters. The molecule has 2 rings (SSSR count). The number of rotatable bonds is 5. The van der Waals surface area contributed by atoms with Crippen LogP contribution < -0.4 is 4.72 Å². The van der Waals surface area contributed by atoms with Gasteiger partial charge < -0.3 is 4.52 Å². The lowest BCUT2D eigenvalue weighted by Gasteiger charge is -2.11. The van der Waals surface area contributed by atoms with Crippen molar-refractivity contribution in [3.05, 3.63) is 41.5 Å². The maximum Gasteiger partial charge on any atom is 0.241 e. The van der Waals surface area contributed by atoms with Crippen LogP contribution in [0.4, 0.5) is 0 Å². The average molecular weight is 309 g/mol. The molecule has 0 fully saturated rings. The molecular formula is C13H15N3O4S. The Balaban J connectivity index is 2.19. The summed E-state index contributed by atoms with van der Waals surface area (Å²) in [5.41, 5.74) is 0.454. The van der Waals surface area contributed by atoms with Crippen LogP contribution in [0.3, 0.4) is 0 Å². The fraction of sp³-hybridized carbons (Fsp3) is 0.308. The molecule has 0 aliphatic rings. The topological polar surface area (TPSA) is 102 Å². The number of nitrogens with one attached hydrogen (secondary N) is 1. The van der Waals surface area contributed by atoms with Crippen LogP contribution in [0.15, 0.2) is 33.7 Å². The van der Waals surface area contributed by atoms with Crippen LogP contribution in [0.1, 0.15) is 42.0 Å². The van der Waals surface area contributed by atoms with Crippen molar-refractivity contribution >= 4 is 15.8 Å². The van der Waals surface area contributed by atoms with Crippen molar-refractivity contribution in [1.29, 1.82) is 0 Å². The molecule has 0 bridgehead atoms. The van der Waals surface area contributed by atoms with Crippen LogP contribution >= 0.6 is 0 Å². The molecule has 1 N–H and O–H groups in total. The highest BCUT2D eigenvalue weighted by atomic mass is 32.2. The Morgan fingerprint density at radius 2 is 1.90 bits per heavy atom. The van der Waals surface area contributed by atoms with E-state index in [9.17, 15) is 13.2 Å². The van der Waals surface area contributed by atoms with Gasteiger partial charge in [-0.05, 0) is 26.0 Å². The Kier molecular flexibility index (Phi) is 4.19. The predicted molar refractivity (Wildman–Crippen MR) is 74.2 cm³/mol. The molecular weight excluding hydrogens is 294 g/mol. The molecule has 1 heterocycles. The average Bonchev–Trinajstić information content (AvgIpc) is 2.85. The molecule has 0 radical (unpaired) electrons. The maximum atomic E-state index is 12.2. The number of benzene rings is 1. The highest BCUT2D eigenvalue weighted by Gasteiger charge is 2.21. The Hall–Kier alpha value is -2.06. The van der Waals surface area contributed by atoms with E-state index in [1.807, 2.05) is 0 Å². The lowest BCUT2D eigenvalue weighted by molar-refractivity contribution is 0.101. The van der Waals surface area contributed by atoms with Crippen molar-refractivity contribution < 1.29 is 17.7 Å². The van der Waals surface area contributed by atoms with Crippen LogP contribution in [0.2, 0.25) is 0 Å². The van der Waals surface area contributed by atoms with E-state index in [1.54, 1.807) is 13.8 Å². The Morgan fingerprint density at radius 3 is 2.38 bits per heavy atom. The number of carbonyl (C=O) groups is 1. The summed E-state index contributed by atoms with van der Waals surface area (Å²) in [7, 11) is -3.72. The van der Waals surface area contributed by atoms with Crippen molar-refractivity contribution in [3.63, 3.8) is 0 Å². The number of hydrogen-bond donors (Lipinski definition) is 1. The number of hydrogen-bond acceptors (Lipinski definition) is 6. The number of aryl methyl sites for hydroxylation is 1. The van der Waals surface area contributed by atoms with Gasteiger partial charge in [0.2, 0.25) is 15.9 Å². The van der Waals surface area contributed by atoms with Crippen LogP contribution in [-0.4, -0.2) is 24.3 Å². The third-order valence-corrected chi connectivity index (χ3v) is 4.39. The summed E-state index contributed by atoms with van der Waals surface area (Å²) in [4.78, 5) is 15.2. The minimum absolute atomic E-state index is 0.0690. The van der Waals surface area contributed by atoms with E-state index < -0.39 is 16.1 Å². The second-order valence-electron chi connectivity index (χ2n) is 4.60. The molecule has 1 aromatic carbocycles. The largest absolute Gasteiger partial charge is 0.340 e. The first-order chi connectivity index (χ1) is 9.79. The number of Topliss-reactive ketones (excluding diaryl/α,β-unsaturated/α-hetero) is 1. The first-order valence-corrected chi connectivity index (χ1v) is 7.71. The van der Waals surface area contributed by atoms with Gasteiger partial charge in [0.25, 0.3) is 0 Å². The summed E-state index contributed by atoms with van der Waals surface area (Å²) >= 11 is 0. The minimum atomic E-state index is -3.72. The molecule has 0 spiro atoms. The molecule has 112 valence electrons. The first-order valence-electron chi connectivity index (χ1n) is 6.23. The minimum Gasteiger partial charge on any atom is -0.340 e. The van der Waals surface area contributed by atoms with Gasteiger partial charge in [-0.1, -0.05) is 17.3 Å². The lowest BCUT2D eigenvalue weighted by atomic mass is 10.2. The van der Waals surface area contributed by atoms with Gasteiger partial charge in [0.1, 0.15) is 0 Å². The van der Waals surface area contributed by atoms with Crippen LogP contribution in [0.25, 0.3) is 0 Å². The van der Waals surface area contributed by atoms with E-state index in [1.165, 1.54) is 31.2 Å². The van der Waals surface area contributed by atoms with Crippen LogP contribution in [0, 0.1) is 6.92 Å². The monoisotopic (exact) mass is 309 g/mol. The van der Waals surface area contributed by atoms with Gasteiger partial charge in [0.15, 0.2) is 11.6 Å². The second kappa shape index (κ2) is 5.74. The molecule has 2 aromatic rings. The first kappa shape index (κ1) is 15.3. The van der Waals surface area contributed by atoms with Crippen molar-refractivity contribution in [3.8, 4) is 0 Å². The summed E-state index contributed by atoms with van der Waals surface area (Å²) in [6, 6.07) is 5.08. The van der Waals surface area contributed by atoms with E-state index in [0.717, 1.165) is 0 Å². The smallest absolute Gasteiger partial charge is 0.241 e. The van der Waals surface area contributed by atoms with E-state index >= 15 is 0 Å². The van der Waals surface area contributed by atoms with Gasteiger partial charge in [0.05, 0.1) is 10.9 Å². The number of ketones is 1. The standard InChI is InChI=1S/C13H15N3O4S/c1-8(13-14-10(3)20-15-13)16-21(18,19)12-6-4-11(5-7-12)9(2)17/h4-8,16H,1-3H3/t8-/m1/s1. The molecule has 21 heavy (non-hydrogen) atoms. The van der Waals surface area contributed by atoms with Gasteiger partial charge in [0, 0.05) is 12.5 Å². The van der Waals surface area contributed by atoms with Gasteiger partial charge in [-0.15, -0.1) is 0 Å². The molecule has 8 heteroatoms. The summed E-state index contributed by atoms with van der Waals surface area (Å²) < 4.78 is 31.7. The van der Waals surface area contributed by atoms with Crippen molar-refractivity contribution in [2.45, 2.75) is 31.7 Å². The zero-order valence-electron chi connectivity index (χ0n) is 11.8. The zero-order chi connectivity index (χ0) is 15.6. The number of carbonyl (C=O) groups excluding carboxylic acids is 1.